The maximum absolute atomic E-state index is 11.5. The minimum Gasteiger partial charge on any atom is -0.352 e. The van der Waals surface area contributed by atoms with Crippen LogP contribution in [0.15, 0.2) is 6.07 Å². The van der Waals surface area contributed by atoms with Crippen LogP contribution >= 0.6 is 46.1 Å². The second-order valence-electron chi connectivity index (χ2n) is 2.54. The lowest BCUT2D eigenvalue weighted by Crippen LogP contribution is -2.24. The molecule has 6 heteroatoms. The Kier molecular flexibility index (Phi) is 5.02. The minimum absolute atomic E-state index is 0.205. The zero-order valence-electron chi connectivity index (χ0n) is 7.15. The molecule has 2 nitrogen and oxygen atoms in total. The highest BCUT2D eigenvalue weighted by Gasteiger charge is 2.13. The number of carbonyl (C=O) groups excluding carboxylic acids is 1. The van der Waals surface area contributed by atoms with Gasteiger partial charge in [0.2, 0.25) is 0 Å². The van der Waals surface area contributed by atoms with Crippen LogP contribution in [0, 0.1) is 0 Å². The lowest BCUT2D eigenvalue weighted by molar-refractivity contribution is 0.0954. The van der Waals surface area contributed by atoms with E-state index >= 15 is 0 Å². The number of nitrogens with one attached hydrogen (secondary N) is 1. The average Bonchev–Trinajstić information content (AvgIpc) is 2.45. The standard InChI is InChI=1S/C8H8Cl3NOS/c9-2-1-3-12-8(13)5-4-6(10)14-7(5)11/h4H,1-3H2,(H,12,13). The van der Waals surface area contributed by atoms with Crippen LogP contribution in [0.5, 0.6) is 0 Å². The zero-order valence-corrected chi connectivity index (χ0v) is 10.2. The van der Waals surface area contributed by atoms with Gasteiger partial charge < -0.3 is 5.32 Å². The van der Waals surface area contributed by atoms with Crippen molar-refractivity contribution in [2.75, 3.05) is 12.4 Å². The monoisotopic (exact) mass is 271 g/mol. The molecule has 0 radical (unpaired) electrons. The molecule has 0 aromatic carbocycles. The molecule has 1 aromatic heterocycles. The van der Waals surface area contributed by atoms with Crippen molar-refractivity contribution in [3.8, 4) is 0 Å². The van der Waals surface area contributed by atoms with Crippen LogP contribution in [0.4, 0.5) is 0 Å². The lowest BCUT2D eigenvalue weighted by atomic mass is 10.3. The van der Waals surface area contributed by atoms with E-state index < -0.39 is 0 Å². The highest BCUT2D eigenvalue weighted by atomic mass is 35.5. The Labute approximate surface area is 101 Å². The Morgan fingerprint density at radius 3 is 2.71 bits per heavy atom. The Morgan fingerprint density at radius 1 is 1.50 bits per heavy atom. The molecule has 0 fully saturated rings. The number of alkyl halides is 1. The van der Waals surface area contributed by atoms with Gasteiger partial charge in [-0.1, -0.05) is 23.2 Å². The maximum atomic E-state index is 11.5. The lowest BCUT2D eigenvalue weighted by Gasteiger charge is -2.01. The molecule has 0 saturated carbocycles. The first-order valence-electron chi connectivity index (χ1n) is 3.94. The first-order chi connectivity index (χ1) is 6.65. The summed E-state index contributed by atoms with van der Waals surface area (Å²) in [5.74, 6) is 0.321. The molecule has 1 N–H and O–H groups in total. The van der Waals surface area contributed by atoms with Crippen LogP contribution in [-0.4, -0.2) is 18.3 Å². The van der Waals surface area contributed by atoms with Crippen molar-refractivity contribution in [3.05, 3.63) is 20.3 Å². The Balaban J connectivity index is 2.56. The Bertz CT molecular complexity index is 326. The molecule has 0 saturated heterocycles. The third-order valence-electron chi connectivity index (χ3n) is 1.50. The number of thiophene rings is 1. The highest BCUT2D eigenvalue weighted by molar-refractivity contribution is 7.20. The first kappa shape index (κ1) is 12.1. The number of amides is 1. The quantitative estimate of drug-likeness (QED) is 0.660. The van der Waals surface area contributed by atoms with Gasteiger partial charge in [0.1, 0.15) is 4.34 Å². The zero-order chi connectivity index (χ0) is 10.6. The van der Waals surface area contributed by atoms with Gasteiger partial charge in [0.15, 0.2) is 0 Å². The molecule has 14 heavy (non-hydrogen) atoms. The van der Waals surface area contributed by atoms with E-state index in [1.807, 2.05) is 0 Å². The second-order valence-corrected chi connectivity index (χ2v) is 5.20. The molecule has 0 aliphatic rings. The third-order valence-corrected chi connectivity index (χ3v) is 3.25. The smallest absolute Gasteiger partial charge is 0.253 e. The van der Waals surface area contributed by atoms with Crippen molar-refractivity contribution in [3.63, 3.8) is 0 Å². The summed E-state index contributed by atoms with van der Waals surface area (Å²) in [6.45, 7) is 0.548. The van der Waals surface area contributed by atoms with E-state index in [9.17, 15) is 4.79 Å². The maximum Gasteiger partial charge on any atom is 0.253 e. The van der Waals surface area contributed by atoms with Crippen LogP contribution in [-0.2, 0) is 0 Å². The van der Waals surface area contributed by atoms with Gasteiger partial charge in [-0.25, -0.2) is 0 Å². The fourth-order valence-electron chi connectivity index (χ4n) is 0.859. The molecule has 0 atom stereocenters. The predicted octanol–water partition coefficient (Wildman–Crippen LogP) is 3.41. The van der Waals surface area contributed by atoms with Crippen molar-refractivity contribution in [1.82, 2.24) is 5.32 Å². The van der Waals surface area contributed by atoms with Gasteiger partial charge in [-0.15, -0.1) is 22.9 Å². The number of hydrogen-bond acceptors (Lipinski definition) is 2. The first-order valence-corrected chi connectivity index (χ1v) is 6.05. The summed E-state index contributed by atoms with van der Waals surface area (Å²) in [7, 11) is 0. The summed E-state index contributed by atoms with van der Waals surface area (Å²) in [5, 5.41) is 2.69. The van der Waals surface area contributed by atoms with Gasteiger partial charge in [-0.3, -0.25) is 4.79 Å². The second kappa shape index (κ2) is 5.81. The van der Waals surface area contributed by atoms with Crippen LogP contribution in [0.25, 0.3) is 0 Å². The van der Waals surface area contributed by atoms with Gasteiger partial charge in [-0.2, -0.15) is 0 Å². The molecule has 0 aliphatic heterocycles. The normalized spacial score (nSPS) is 10.2. The minimum atomic E-state index is -0.205. The average molecular weight is 273 g/mol. The summed E-state index contributed by atoms with van der Waals surface area (Å²) >= 11 is 18.2. The number of halogens is 3. The van der Waals surface area contributed by atoms with Gasteiger partial charge >= 0.3 is 0 Å². The summed E-state index contributed by atoms with van der Waals surface area (Å²) in [6.07, 6.45) is 0.739. The summed E-state index contributed by atoms with van der Waals surface area (Å²) in [6, 6.07) is 1.56. The fourth-order valence-corrected chi connectivity index (χ4v) is 2.45. The van der Waals surface area contributed by atoms with Gasteiger partial charge in [0.05, 0.1) is 9.90 Å². The van der Waals surface area contributed by atoms with Crippen molar-refractivity contribution >= 4 is 52.0 Å². The molecule has 1 heterocycles. The Hall–Kier alpha value is 0.0400. The van der Waals surface area contributed by atoms with Crippen molar-refractivity contribution < 1.29 is 4.79 Å². The molecule has 1 rings (SSSR count). The number of rotatable bonds is 4. The van der Waals surface area contributed by atoms with Gasteiger partial charge in [-0.05, 0) is 12.5 Å². The van der Waals surface area contributed by atoms with E-state index in [1.54, 1.807) is 6.07 Å². The van der Waals surface area contributed by atoms with E-state index in [4.69, 9.17) is 34.8 Å². The fraction of sp³-hybridized carbons (Fsp3) is 0.375. The Morgan fingerprint density at radius 2 is 2.21 bits per heavy atom. The summed E-state index contributed by atoms with van der Waals surface area (Å²) in [4.78, 5) is 11.5. The van der Waals surface area contributed by atoms with Crippen LogP contribution < -0.4 is 5.32 Å². The van der Waals surface area contributed by atoms with Gasteiger partial charge in [0.25, 0.3) is 5.91 Å². The molecule has 78 valence electrons. The van der Waals surface area contributed by atoms with E-state index in [2.05, 4.69) is 5.32 Å². The molecule has 1 amide bonds. The largest absolute Gasteiger partial charge is 0.352 e. The van der Waals surface area contributed by atoms with E-state index in [0.717, 1.165) is 6.42 Å². The van der Waals surface area contributed by atoms with E-state index in [1.165, 1.54) is 11.3 Å². The SMILES string of the molecule is O=C(NCCCCl)c1cc(Cl)sc1Cl. The van der Waals surface area contributed by atoms with Crippen molar-refractivity contribution in [2.24, 2.45) is 0 Å². The summed E-state index contributed by atoms with van der Waals surface area (Å²) < 4.78 is 0.927. The molecular formula is C8H8Cl3NOS. The van der Waals surface area contributed by atoms with E-state index in [-0.39, 0.29) is 5.91 Å². The number of hydrogen-bond donors (Lipinski definition) is 1. The van der Waals surface area contributed by atoms with Crippen molar-refractivity contribution in [2.45, 2.75) is 6.42 Å². The molecular weight excluding hydrogens is 265 g/mol. The molecule has 0 aliphatic carbocycles. The third kappa shape index (κ3) is 3.31. The molecule has 0 unspecified atom stereocenters. The van der Waals surface area contributed by atoms with Gasteiger partial charge in [0, 0.05) is 12.4 Å². The van der Waals surface area contributed by atoms with Crippen LogP contribution in [0.1, 0.15) is 16.8 Å². The van der Waals surface area contributed by atoms with Crippen LogP contribution in [0.2, 0.25) is 8.67 Å². The molecule has 0 spiro atoms. The molecule has 1 aromatic rings. The van der Waals surface area contributed by atoms with Crippen molar-refractivity contribution in [1.29, 1.82) is 0 Å². The highest BCUT2D eigenvalue weighted by Crippen LogP contribution is 2.30. The topological polar surface area (TPSA) is 29.1 Å². The molecule has 0 bridgehead atoms. The van der Waals surface area contributed by atoms with E-state index in [0.29, 0.717) is 26.7 Å². The number of carbonyl (C=O) groups is 1. The predicted molar refractivity (Wildman–Crippen MR) is 62.0 cm³/mol. The van der Waals surface area contributed by atoms with Crippen LogP contribution in [0.3, 0.4) is 0 Å². The summed E-state index contributed by atoms with van der Waals surface area (Å²) in [5.41, 5.74) is 0.427.